The number of nitrogens with zero attached hydrogens (tertiary/aromatic N) is 3. The summed E-state index contributed by atoms with van der Waals surface area (Å²) >= 11 is 0. The van der Waals surface area contributed by atoms with Crippen LogP contribution in [-0.4, -0.2) is 0 Å². The Morgan fingerprint density at radius 3 is 1.31 bits per heavy atom. The third-order valence-corrected chi connectivity index (χ3v) is 4.59. The van der Waals surface area contributed by atoms with Gasteiger partial charge in [-0.1, -0.05) is 106 Å². The molecule has 0 amide bonds. The molecule has 0 aliphatic heterocycles. The molecular formula is C36H58N3+3. The van der Waals surface area contributed by atoms with Crippen LogP contribution in [-0.2, 0) is 21.1 Å². The summed E-state index contributed by atoms with van der Waals surface area (Å²) in [5.41, 5.74) is 1.27. The quantitative estimate of drug-likeness (QED) is 0.176. The summed E-state index contributed by atoms with van der Waals surface area (Å²) in [4.78, 5) is 0. The van der Waals surface area contributed by atoms with E-state index in [0.717, 1.165) is 0 Å². The molecule has 3 heteroatoms. The number of fused-ring (bicyclic) bond motifs is 2. The molecule has 0 atom stereocenters. The molecule has 0 spiro atoms. The van der Waals surface area contributed by atoms with E-state index in [1.807, 2.05) is 118 Å². The van der Waals surface area contributed by atoms with Gasteiger partial charge in [-0.15, -0.1) is 0 Å². The highest BCUT2D eigenvalue weighted by molar-refractivity contribution is 5.80. The van der Waals surface area contributed by atoms with Gasteiger partial charge >= 0.3 is 0 Å². The van der Waals surface area contributed by atoms with Gasteiger partial charge in [-0.2, -0.15) is 0 Å². The van der Waals surface area contributed by atoms with Crippen LogP contribution in [0.2, 0.25) is 0 Å². The Morgan fingerprint density at radius 2 is 0.821 bits per heavy atom. The van der Waals surface area contributed by atoms with Gasteiger partial charge in [-0.05, 0) is 23.6 Å². The van der Waals surface area contributed by atoms with E-state index in [-0.39, 0.29) is 0 Å². The number of hydrogen-bond donors (Lipinski definition) is 0. The Hall–Kier alpha value is -3.59. The fourth-order valence-electron chi connectivity index (χ4n) is 3.03. The molecule has 0 bridgehead atoms. The summed E-state index contributed by atoms with van der Waals surface area (Å²) in [6.45, 7) is 20.0. The van der Waals surface area contributed by atoms with Crippen molar-refractivity contribution in [2.75, 3.05) is 0 Å². The minimum Gasteiger partial charge on any atom is -0.208 e. The van der Waals surface area contributed by atoms with Crippen LogP contribution in [0.1, 0.15) is 69.2 Å². The molecule has 2 aromatic carbocycles. The van der Waals surface area contributed by atoms with E-state index in [1.54, 1.807) is 0 Å². The first-order valence-corrected chi connectivity index (χ1v) is 14.7. The Kier molecular flexibility index (Phi) is 29.7. The predicted molar refractivity (Wildman–Crippen MR) is 175 cm³/mol. The molecule has 3 heterocycles. The number of rotatable bonds is 0. The maximum atomic E-state index is 2.12. The van der Waals surface area contributed by atoms with Crippen LogP contribution in [0.5, 0.6) is 0 Å². The summed E-state index contributed by atoms with van der Waals surface area (Å²) in [5.74, 6) is 0. The van der Waals surface area contributed by atoms with E-state index < -0.39 is 0 Å². The maximum Gasteiger partial charge on any atom is 0.212 e. The molecular weight excluding hydrogens is 474 g/mol. The molecule has 0 saturated carbocycles. The summed E-state index contributed by atoms with van der Waals surface area (Å²) in [6, 6.07) is 29.0. The molecule has 0 unspecified atom stereocenters. The van der Waals surface area contributed by atoms with Crippen molar-refractivity contribution in [3.8, 4) is 0 Å². The zero-order chi connectivity index (χ0) is 30.5. The van der Waals surface area contributed by atoms with Crippen LogP contribution >= 0.6 is 0 Å². The molecule has 3 aromatic heterocycles. The highest BCUT2D eigenvalue weighted by Crippen LogP contribution is 2.09. The molecule has 0 fully saturated rings. The topological polar surface area (TPSA) is 11.6 Å². The zero-order valence-electron chi connectivity index (χ0n) is 27.3. The van der Waals surface area contributed by atoms with E-state index in [2.05, 4.69) is 102 Å². The Bertz CT molecular complexity index is 1170. The molecule has 3 nitrogen and oxygen atoms in total. The third kappa shape index (κ3) is 17.5. The van der Waals surface area contributed by atoms with Crippen molar-refractivity contribution in [3.05, 3.63) is 116 Å². The molecule has 0 saturated heterocycles. The molecule has 0 N–H and O–H groups in total. The lowest BCUT2D eigenvalue weighted by atomic mass is 10.2. The third-order valence-electron chi connectivity index (χ3n) is 4.59. The first-order valence-electron chi connectivity index (χ1n) is 14.7. The van der Waals surface area contributed by atoms with Gasteiger partial charge in [0.15, 0.2) is 31.0 Å². The minimum absolute atomic E-state index is 1.27. The van der Waals surface area contributed by atoms with Gasteiger partial charge in [0.25, 0.3) is 0 Å². The van der Waals surface area contributed by atoms with Crippen molar-refractivity contribution in [2.45, 2.75) is 69.2 Å². The number of hydrogen-bond acceptors (Lipinski definition) is 0. The summed E-state index contributed by atoms with van der Waals surface area (Å²) in [7, 11) is 6.09. The van der Waals surface area contributed by atoms with Gasteiger partial charge in [-0.25, -0.2) is 13.7 Å². The van der Waals surface area contributed by atoms with Gasteiger partial charge < -0.3 is 0 Å². The lowest BCUT2D eigenvalue weighted by Crippen LogP contribution is -2.27. The lowest BCUT2D eigenvalue weighted by molar-refractivity contribution is -0.671. The van der Waals surface area contributed by atoms with E-state index >= 15 is 0 Å². The first-order chi connectivity index (χ1) is 19.1. The molecule has 5 rings (SSSR count). The van der Waals surface area contributed by atoms with Crippen LogP contribution < -0.4 is 13.7 Å². The summed E-state index contributed by atoms with van der Waals surface area (Å²) in [6.07, 6.45) is 10.2. The van der Waals surface area contributed by atoms with Gasteiger partial charge in [-0.3, -0.25) is 0 Å². The highest BCUT2D eigenvalue weighted by atomic mass is 14.9. The van der Waals surface area contributed by atoms with Gasteiger partial charge in [0.1, 0.15) is 21.1 Å². The van der Waals surface area contributed by atoms with Crippen LogP contribution in [0, 0.1) is 0 Å². The van der Waals surface area contributed by atoms with E-state index in [4.69, 9.17) is 0 Å². The lowest BCUT2D eigenvalue weighted by Gasteiger charge is -1.93. The predicted octanol–water partition coefficient (Wildman–Crippen LogP) is 8.97. The fourth-order valence-corrected chi connectivity index (χ4v) is 3.03. The second kappa shape index (κ2) is 29.0. The number of aromatic nitrogens is 3. The summed E-state index contributed by atoms with van der Waals surface area (Å²) in [5, 5.41) is 3.88. The van der Waals surface area contributed by atoms with Gasteiger partial charge in [0.05, 0.1) is 0 Å². The van der Waals surface area contributed by atoms with E-state index in [9.17, 15) is 0 Å². The van der Waals surface area contributed by atoms with Crippen molar-refractivity contribution in [1.82, 2.24) is 0 Å². The second-order valence-corrected chi connectivity index (χ2v) is 6.96. The van der Waals surface area contributed by atoms with Crippen molar-refractivity contribution in [1.29, 1.82) is 0 Å². The standard InChI is InChI=1S/2C10H10N.C6H8N.5C2H6/c1-11-8-4-6-9-5-2-3-7-10(9)11;1-11-7-6-9-4-2-3-5-10(9)8-11;1-7-5-3-2-4-6-7;5*1-2/h2*2-8H,1H3;2-6H,1H3;5*1-2H3/q3*+1;;;;;. The van der Waals surface area contributed by atoms with Crippen LogP contribution in [0.4, 0.5) is 0 Å². The molecule has 214 valence electrons. The van der Waals surface area contributed by atoms with Crippen LogP contribution in [0.3, 0.4) is 0 Å². The number of pyridine rings is 3. The Morgan fingerprint density at radius 1 is 0.359 bits per heavy atom. The minimum atomic E-state index is 1.27. The second-order valence-electron chi connectivity index (χ2n) is 6.96. The molecule has 39 heavy (non-hydrogen) atoms. The van der Waals surface area contributed by atoms with Crippen molar-refractivity contribution >= 4 is 21.7 Å². The average molecular weight is 533 g/mol. The van der Waals surface area contributed by atoms with Crippen molar-refractivity contribution in [3.63, 3.8) is 0 Å². The normalized spacial score (nSPS) is 8.13. The zero-order valence-corrected chi connectivity index (χ0v) is 27.3. The van der Waals surface area contributed by atoms with Crippen LogP contribution in [0.25, 0.3) is 21.7 Å². The fraction of sp³-hybridized carbons (Fsp3) is 0.361. The summed E-state index contributed by atoms with van der Waals surface area (Å²) < 4.78 is 6.18. The largest absolute Gasteiger partial charge is 0.212 e. The monoisotopic (exact) mass is 532 g/mol. The Balaban J connectivity index is -0.000000436. The van der Waals surface area contributed by atoms with Crippen molar-refractivity contribution < 1.29 is 13.7 Å². The number of para-hydroxylation sites is 1. The molecule has 0 radical (unpaired) electrons. The highest BCUT2D eigenvalue weighted by Gasteiger charge is 1.99. The maximum absolute atomic E-state index is 2.12. The molecule has 5 aromatic rings. The molecule has 0 aliphatic rings. The van der Waals surface area contributed by atoms with E-state index in [1.165, 1.54) is 21.7 Å². The Labute approximate surface area is 241 Å². The van der Waals surface area contributed by atoms with Gasteiger partial charge in [0, 0.05) is 41.1 Å². The first kappa shape index (κ1) is 39.9. The average Bonchev–Trinajstić information content (AvgIpc) is 3.03. The van der Waals surface area contributed by atoms with Gasteiger partial charge in [0.2, 0.25) is 5.52 Å². The molecule has 0 aliphatic carbocycles. The smallest absolute Gasteiger partial charge is 0.208 e. The number of benzene rings is 2. The van der Waals surface area contributed by atoms with E-state index in [0.29, 0.717) is 0 Å². The number of aryl methyl sites for hydroxylation is 3. The SMILES string of the molecule is CC.CC.CC.CC.CC.C[n+]1ccc2ccccc2c1.C[n+]1cccc2ccccc21.C[n+]1ccccc1. The van der Waals surface area contributed by atoms with Crippen molar-refractivity contribution in [2.24, 2.45) is 21.1 Å². The van der Waals surface area contributed by atoms with Crippen LogP contribution in [0.15, 0.2) is 116 Å².